The van der Waals surface area contributed by atoms with Crippen molar-refractivity contribution in [1.29, 1.82) is 0 Å². The van der Waals surface area contributed by atoms with Gasteiger partial charge in [-0.1, -0.05) is 53.6 Å². The van der Waals surface area contributed by atoms with Crippen LogP contribution in [0.2, 0.25) is 5.02 Å². The summed E-state index contributed by atoms with van der Waals surface area (Å²) in [6.45, 7) is 7.32. The van der Waals surface area contributed by atoms with E-state index in [2.05, 4.69) is 83.7 Å². The number of anilines is 1. The van der Waals surface area contributed by atoms with Crippen LogP contribution < -0.4 is 5.32 Å². The van der Waals surface area contributed by atoms with E-state index in [0.29, 0.717) is 10.7 Å². The molecule has 0 fully saturated rings. The predicted molar refractivity (Wildman–Crippen MR) is 153 cm³/mol. The Hall–Kier alpha value is -3.76. The molecule has 0 saturated carbocycles. The molecule has 1 aliphatic heterocycles. The van der Waals surface area contributed by atoms with E-state index in [0.717, 1.165) is 54.0 Å². The zero-order valence-corrected chi connectivity index (χ0v) is 22.2. The molecule has 0 saturated heterocycles. The molecule has 2 aromatic heterocycles. The molecule has 4 nitrogen and oxygen atoms in total. The van der Waals surface area contributed by atoms with Crippen molar-refractivity contribution in [1.82, 2.24) is 8.97 Å². The van der Waals surface area contributed by atoms with Gasteiger partial charge in [-0.05, 0) is 92.6 Å². The molecule has 5 aromatic rings. The number of amides is 1. The summed E-state index contributed by atoms with van der Waals surface area (Å²) in [6.07, 6.45) is 5.29. The zero-order valence-electron chi connectivity index (χ0n) is 21.4. The molecule has 186 valence electrons. The highest BCUT2D eigenvalue weighted by molar-refractivity contribution is 6.30. The number of carbonyl (C=O) groups is 1. The van der Waals surface area contributed by atoms with Crippen LogP contribution in [0.1, 0.15) is 45.6 Å². The van der Waals surface area contributed by atoms with Crippen LogP contribution in [0.15, 0.2) is 72.9 Å². The fourth-order valence-electron chi connectivity index (χ4n) is 5.49. The highest BCUT2D eigenvalue weighted by Crippen LogP contribution is 2.40. The van der Waals surface area contributed by atoms with Crippen LogP contribution in [-0.2, 0) is 13.0 Å². The van der Waals surface area contributed by atoms with Crippen LogP contribution in [-0.4, -0.2) is 14.9 Å². The maximum Gasteiger partial charge on any atom is 0.273 e. The number of benzene rings is 3. The number of hydrogen-bond acceptors (Lipinski definition) is 1. The fraction of sp³-hybridized carbons (Fsp3) is 0.219. The van der Waals surface area contributed by atoms with Gasteiger partial charge in [-0.15, -0.1) is 0 Å². The first-order valence-electron chi connectivity index (χ1n) is 12.9. The van der Waals surface area contributed by atoms with E-state index in [1.807, 2.05) is 12.1 Å². The number of halogens is 1. The molecule has 0 unspecified atom stereocenters. The van der Waals surface area contributed by atoms with Crippen LogP contribution in [0.25, 0.3) is 28.0 Å². The number of nitrogens with one attached hydrogen (secondary N) is 1. The molecular formula is C32H30ClN3O. The SMILES string of the molecule is Cc1ccc(-c2c3c4n(c(-c5ccc(C)c(C)c5)cn4c2C(=O)Nc2ccc(Cl)cc2)CCCC3)cc1. The summed E-state index contributed by atoms with van der Waals surface area (Å²) in [5.74, 6) is -0.122. The molecule has 0 spiro atoms. The Morgan fingerprint density at radius 2 is 1.59 bits per heavy atom. The van der Waals surface area contributed by atoms with E-state index in [1.165, 1.54) is 27.8 Å². The normalized spacial score (nSPS) is 13.1. The number of carbonyl (C=O) groups excluding carboxylic acids is 1. The Morgan fingerprint density at radius 1 is 0.865 bits per heavy atom. The summed E-state index contributed by atoms with van der Waals surface area (Å²) in [5.41, 5.74) is 12.0. The molecule has 0 aliphatic carbocycles. The highest BCUT2D eigenvalue weighted by atomic mass is 35.5. The number of imidazole rings is 1. The third kappa shape index (κ3) is 4.15. The lowest BCUT2D eigenvalue weighted by molar-refractivity contribution is 0.102. The summed E-state index contributed by atoms with van der Waals surface area (Å²) in [6, 6.07) is 22.4. The summed E-state index contributed by atoms with van der Waals surface area (Å²) in [7, 11) is 0. The minimum absolute atomic E-state index is 0.122. The molecular weight excluding hydrogens is 478 g/mol. The molecule has 0 bridgehead atoms. The Labute approximate surface area is 222 Å². The van der Waals surface area contributed by atoms with Crippen LogP contribution in [0, 0.1) is 20.8 Å². The topological polar surface area (TPSA) is 38.4 Å². The van der Waals surface area contributed by atoms with Crippen molar-refractivity contribution in [2.75, 3.05) is 5.32 Å². The third-order valence-corrected chi connectivity index (χ3v) is 7.85. The maximum absolute atomic E-state index is 14.0. The summed E-state index contributed by atoms with van der Waals surface area (Å²) in [4.78, 5) is 14.0. The van der Waals surface area contributed by atoms with Gasteiger partial charge in [0.1, 0.15) is 11.3 Å². The van der Waals surface area contributed by atoms with Gasteiger partial charge < -0.3 is 9.88 Å². The minimum Gasteiger partial charge on any atom is -0.325 e. The van der Waals surface area contributed by atoms with Crippen molar-refractivity contribution >= 4 is 28.8 Å². The monoisotopic (exact) mass is 507 g/mol. The number of hydrogen-bond donors (Lipinski definition) is 1. The number of rotatable bonds is 4. The minimum atomic E-state index is -0.122. The molecule has 1 amide bonds. The maximum atomic E-state index is 14.0. The standard InChI is InChI=1S/C32H30ClN3O/c1-20-7-10-23(11-8-20)29-27-6-4-5-17-35-28(24-12-9-21(2)22(3)18-24)19-36(32(27)35)30(29)31(37)34-26-15-13-25(33)14-16-26/h7-16,18-19H,4-6,17H2,1-3H3,(H,34,37). The van der Waals surface area contributed by atoms with Crippen molar-refractivity contribution in [3.63, 3.8) is 0 Å². The van der Waals surface area contributed by atoms with Crippen molar-refractivity contribution in [3.05, 3.63) is 106 Å². The van der Waals surface area contributed by atoms with E-state index in [9.17, 15) is 4.79 Å². The second-order valence-corrected chi connectivity index (χ2v) is 10.6. The molecule has 6 rings (SSSR count). The summed E-state index contributed by atoms with van der Waals surface area (Å²) < 4.78 is 4.55. The van der Waals surface area contributed by atoms with Crippen LogP contribution in [0.5, 0.6) is 0 Å². The van der Waals surface area contributed by atoms with Crippen LogP contribution in [0.4, 0.5) is 5.69 Å². The van der Waals surface area contributed by atoms with Gasteiger partial charge in [0.2, 0.25) is 0 Å². The lowest BCUT2D eigenvalue weighted by Crippen LogP contribution is -2.15. The molecule has 5 heteroatoms. The largest absolute Gasteiger partial charge is 0.325 e. The average molecular weight is 508 g/mol. The smallest absolute Gasteiger partial charge is 0.273 e. The van der Waals surface area contributed by atoms with Crippen LogP contribution >= 0.6 is 11.6 Å². The van der Waals surface area contributed by atoms with Gasteiger partial charge in [0.05, 0.1) is 5.69 Å². The molecule has 1 N–H and O–H groups in total. The summed E-state index contributed by atoms with van der Waals surface area (Å²) in [5, 5.41) is 3.77. The van der Waals surface area contributed by atoms with Gasteiger partial charge in [-0.25, -0.2) is 0 Å². The number of aromatic nitrogens is 2. The molecule has 3 heterocycles. The molecule has 37 heavy (non-hydrogen) atoms. The van der Waals surface area contributed by atoms with Gasteiger partial charge in [0.15, 0.2) is 0 Å². The second-order valence-electron chi connectivity index (χ2n) is 10.1. The van der Waals surface area contributed by atoms with Crippen molar-refractivity contribution < 1.29 is 4.79 Å². The van der Waals surface area contributed by atoms with E-state index >= 15 is 0 Å². The Balaban J connectivity index is 1.60. The molecule has 3 aromatic carbocycles. The first-order valence-corrected chi connectivity index (χ1v) is 13.3. The van der Waals surface area contributed by atoms with Gasteiger partial charge in [-0.3, -0.25) is 9.20 Å². The van der Waals surface area contributed by atoms with Gasteiger partial charge in [-0.2, -0.15) is 0 Å². The molecule has 0 radical (unpaired) electrons. The molecule has 1 aliphatic rings. The second kappa shape index (κ2) is 9.28. The number of nitrogens with zero attached hydrogens (tertiary/aromatic N) is 2. The van der Waals surface area contributed by atoms with Crippen LogP contribution in [0.3, 0.4) is 0 Å². The van der Waals surface area contributed by atoms with E-state index in [-0.39, 0.29) is 5.91 Å². The quantitative estimate of drug-likeness (QED) is 0.261. The fourth-order valence-corrected chi connectivity index (χ4v) is 5.62. The zero-order chi connectivity index (χ0) is 25.7. The van der Waals surface area contributed by atoms with E-state index < -0.39 is 0 Å². The Kier molecular flexibility index (Phi) is 5.92. The Bertz CT molecular complexity index is 1640. The van der Waals surface area contributed by atoms with E-state index in [4.69, 9.17) is 11.6 Å². The summed E-state index contributed by atoms with van der Waals surface area (Å²) >= 11 is 6.09. The van der Waals surface area contributed by atoms with Gasteiger partial charge in [0.25, 0.3) is 5.91 Å². The highest BCUT2D eigenvalue weighted by Gasteiger charge is 2.29. The Morgan fingerprint density at radius 3 is 2.32 bits per heavy atom. The lowest BCUT2D eigenvalue weighted by Gasteiger charge is -2.11. The van der Waals surface area contributed by atoms with Crippen molar-refractivity contribution in [2.45, 2.75) is 46.6 Å². The first-order chi connectivity index (χ1) is 17.9. The van der Waals surface area contributed by atoms with E-state index in [1.54, 1.807) is 12.1 Å². The predicted octanol–water partition coefficient (Wildman–Crippen LogP) is 8.24. The lowest BCUT2D eigenvalue weighted by atomic mass is 9.97. The first kappa shape index (κ1) is 23.6. The average Bonchev–Trinajstić information content (AvgIpc) is 3.30. The van der Waals surface area contributed by atoms with Crippen molar-refractivity contribution in [3.8, 4) is 22.4 Å². The van der Waals surface area contributed by atoms with Gasteiger partial charge >= 0.3 is 0 Å². The number of aryl methyl sites for hydroxylation is 5. The third-order valence-electron chi connectivity index (χ3n) is 7.59. The molecule has 0 atom stereocenters. The van der Waals surface area contributed by atoms with Crippen molar-refractivity contribution in [2.24, 2.45) is 0 Å². The van der Waals surface area contributed by atoms with Gasteiger partial charge in [0, 0.05) is 34.6 Å².